The van der Waals surface area contributed by atoms with Gasteiger partial charge in [0.25, 0.3) is 0 Å². The van der Waals surface area contributed by atoms with E-state index in [0.717, 1.165) is 0 Å². The van der Waals surface area contributed by atoms with Gasteiger partial charge in [0.05, 0.1) is 13.2 Å². The second-order valence-electron chi connectivity index (χ2n) is 3.20. The van der Waals surface area contributed by atoms with E-state index in [1.807, 2.05) is 0 Å². The first kappa shape index (κ1) is 11.5. The molecule has 15 heavy (non-hydrogen) atoms. The summed E-state index contributed by atoms with van der Waals surface area (Å²) in [6.45, 7) is 0. The predicted molar refractivity (Wildman–Crippen MR) is 52.2 cm³/mol. The van der Waals surface area contributed by atoms with Crippen molar-refractivity contribution in [3.8, 4) is 5.75 Å². The molecule has 1 N–H and O–H groups in total. The van der Waals surface area contributed by atoms with Crippen molar-refractivity contribution in [2.45, 2.75) is 18.9 Å². The summed E-state index contributed by atoms with van der Waals surface area (Å²) in [4.78, 5) is 10.2. The van der Waals surface area contributed by atoms with E-state index in [1.54, 1.807) is 31.4 Å². The minimum absolute atomic E-state index is 0.146. The molecular weight excluding hydrogens is 196 g/mol. The number of aliphatic hydroxyl groups is 1. The molecule has 1 atom stereocenters. The summed E-state index contributed by atoms with van der Waals surface area (Å²) in [5.74, 6) is -0.451. The fourth-order valence-electron chi connectivity index (χ4n) is 1.25. The predicted octanol–water partition coefficient (Wildman–Crippen LogP) is 0.259. The van der Waals surface area contributed by atoms with E-state index >= 15 is 0 Å². The van der Waals surface area contributed by atoms with Crippen molar-refractivity contribution in [2.75, 3.05) is 7.11 Å². The number of benzene rings is 1. The molecule has 0 heterocycles. The van der Waals surface area contributed by atoms with Crippen LogP contribution in [0.5, 0.6) is 5.75 Å². The van der Waals surface area contributed by atoms with E-state index in [2.05, 4.69) is 0 Å². The Labute approximate surface area is 88.1 Å². The van der Waals surface area contributed by atoms with E-state index in [-0.39, 0.29) is 12.8 Å². The van der Waals surface area contributed by atoms with Gasteiger partial charge in [0.2, 0.25) is 0 Å². The number of aliphatic carboxylic acids is 1. The average Bonchev–Trinajstić information content (AvgIpc) is 2.26. The third kappa shape index (κ3) is 3.59. The Hall–Kier alpha value is -1.55. The number of carboxylic acids is 1. The molecule has 4 nitrogen and oxygen atoms in total. The summed E-state index contributed by atoms with van der Waals surface area (Å²) in [5.41, 5.74) is 0.678. The van der Waals surface area contributed by atoms with Gasteiger partial charge in [-0.05, 0) is 30.5 Å². The number of rotatable bonds is 5. The second-order valence-corrected chi connectivity index (χ2v) is 3.20. The lowest BCUT2D eigenvalue weighted by molar-refractivity contribution is -0.306. The largest absolute Gasteiger partial charge is 0.550 e. The van der Waals surface area contributed by atoms with Gasteiger partial charge in [-0.25, -0.2) is 0 Å². The van der Waals surface area contributed by atoms with Crippen LogP contribution in [0.3, 0.4) is 0 Å². The minimum Gasteiger partial charge on any atom is -0.550 e. The molecule has 0 aliphatic rings. The molecular formula is C11H13O4-. The van der Waals surface area contributed by atoms with Crippen LogP contribution in [0.1, 0.15) is 24.5 Å². The van der Waals surface area contributed by atoms with Gasteiger partial charge in [0, 0.05) is 5.97 Å². The number of carbonyl (C=O) groups is 1. The van der Waals surface area contributed by atoms with E-state index < -0.39 is 12.1 Å². The molecule has 0 amide bonds. The molecule has 1 rings (SSSR count). The number of carbonyl (C=O) groups excluding carboxylic acids is 1. The number of hydrogen-bond donors (Lipinski definition) is 1. The fourth-order valence-corrected chi connectivity index (χ4v) is 1.25. The van der Waals surface area contributed by atoms with Gasteiger partial charge < -0.3 is 19.7 Å². The van der Waals surface area contributed by atoms with E-state index in [9.17, 15) is 15.0 Å². The molecule has 0 aromatic heterocycles. The average molecular weight is 209 g/mol. The molecule has 0 aliphatic heterocycles. The molecule has 0 aliphatic carbocycles. The fraction of sp³-hybridized carbons (Fsp3) is 0.364. The lowest BCUT2D eigenvalue weighted by Gasteiger charge is -2.11. The summed E-state index contributed by atoms with van der Waals surface area (Å²) in [7, 11) is 1.56. The van der Waals surface area contributed by atoms with Crippen molar-refractivity contribution in [1.82, 2.24) is 0 Å². The maximum absolute atomic E-state index is 10.2. The van der Waals surface area contributed by atoms with E-state index in [0.29, 0.717) is 11.3 Å². The Morgan fingerprint density at radius 3 is 2.53 bits per heavy atom. The summed E-state index contributed by atoms with van der Waals surface area (Å²) < 4.78 is 4.96. The first-order chi connectivity index (χ1) is 7.13. The smallest absolute Gasteiger partial charge is 0.118 e. The van der Waals surface area contributed by atoms with Gasteiger partial charge in [-0.3, -0.25) is 0 Å². The normalized spacial score (nSPS) is 12.1. The first-order valence-electron chi connectivity index (χ1n) is 4.65. The third-order valence-corrected chi connectivity index (χ3v) is 2.12. The lowest BCUT2D eigenvalue weighted by Crippen LogP contribution is -2.22. The van der Waals surface area contributed by atoms with Gasteiger partial charge in [-0.15, -0.1) is 0 Å². The third-order valence-electron chi connectivity index (χ3n) is 2.12. The zero-order valence-corrected chi connectivity index (χ0v) is 8.47. The van der Waals surface area contributed by atoms with Crippen molar-refractivity contribution in [1.29, 1.82) is 0 Å². The minimum atomic E-state index is -1.15. The molecule has 82 valence electrons. The number of aliphatic hydroxyl groups excluding tert-OH is 1. The highest BCUT2D eigenvalue weighted by Crippen LogP contribution is 2.20. The molecule has 0 saturated heterocycles. The number of hydrogen-bond acceptors (Lipinski definition) is 4. The van der Waals surface area contributed by atoms with Crippen LogP contribution in [0.4, 0.5) is 0 Å². The monoisotopic (exact) mass is 209 g/mol. The SMILES string of the molecule is COc1ccc([C@H](O)CCC(=O)[O-])cc1. The van der Waals surface area contributed by atoms with Crippen LogP contribution in [0, 0.1) is 0 Å². The van der Waals surface area contributed by atoms with Crippen LogP contribution in [-0.4, -0.2) is 18.2 Å². The van der Waals surface area contributed by atoms with Crippen LogP contribution in [0.25, 0.3) is 0 Å². The van der Waals surface area contributed by atoms with Crippen LogP contribution in [0.2, 0.25) is 0 Å². The molecule has 0 bridgehead atoms. The maximum Gasteiger partial charge on any atom is 0.118 e. The molecule has 0 unspecified atom stereocenters. The number of carboxylic acid groups (broad SMARTS) is 1. The second kappa shape index (κ2) is 5.36. The van der Waals surface area contributed by atoms with Crippen molar-refractivity contribution in [3.05, 3.63) is 29.8 Å². The van der Waals surface area contributed by atoms with Crippen LogP contribution < -0.4 is 9.84 Å². The highest BCUT2D eigenvalue weighted by atomic mass is 16.5. The topological polar surface area (TPSA) is 69.6 Å². The Morgan fingerprint density at radius 2 is 2.07 bits per heavy atom. The number of ether oxygens (including phenoxy) is 1. The van der Waals surface area contributed by atoms with Gasteiger partial charge in [0.15, 0.2) is 0 Å². The van der Waals surface area contributed by atoms with Crippen molar-refractivity contribution >= 4 is 5.97 Å². The highest BCUT2D eigenvalue weighted by molar-refractivity contribution is 5.64. The number of methoxy groups -OCH3 is 1. The Kier molecular flexibility index (Phi) is 4.12. The molecule has 1 aromatic carbocycles. The van der Waals surface area contributed by atoms with Crippen molar-refractivity contribution < 1.29 is 19.7 Å². The molecule has 0 spiro atoms. The van der Waals surface area contributed by atoms with Gasteiger partial charge in [0.1, 0.15) is 5.75 Å². The summed E-state index contributed by atoms with van der Waals surface area (Å²) in [6, 6.07) is 6.85. The van der Waals surface area contributed by atoms with Gasteiger partial charge in [-0.2, -0.15) is 0 Å². The Balaban J connectivity index is 2.57. The van der Waals surface area contributed by atoms with Gasteiger partial charge in [-0.1, -0.05) is 12.1 Å². The van der Waals surface area contributed by atoms with Crippen LogP contribution in [0.15, 0.2) is 24.3 Å². The quantitative estimate of drug-likeness (QED) is 0.755. The molecule has 4 heteroatoms. The highest BCUT2D eigenvalue weighted by Gasteiger charge is 2.07. The van der Waals surface area contributed by atoms with E-state index in [4.69, 9.17) is 4.74 Å². The Morgan fingerprint density at radius 1 is 1.47 bits per heavy atom. The lowest BCUT2D eigenvalue weighted by atomic mass is 10.1. The Bertz CT molecular complexity index is 318. The molecule has 1 aromatic rings. The molecule has 0 radical (unpaired) electrons. The van der Waals surface area contributed by atoms with Gasteiger partial charge >= 0.3 is 0 Å². The van der Waals surface area contributed by atoms with E-state index in [1.165, 1.54) is 0 Å². The zero-order chi connectivity index (χ0) is 11.3. The van der Waals surface area contributed by atoms with Crippen LogP contribution >= 0.6 is 0 Å². The summed E-state index contributed by atoms with van der Waals surface area (Å²) in [6.07, 6.45) is -0.754. The van der Waals surface area contributed by atoms with Crippen molar-refractivity contribution in [3.63, 3.8) is 0 Å². The van der Waals surface area contributed by atoms with Crippen LogP contribution in [-0.2, 0) is 4.79 Å². The zero-order valence-electron chi connectivity index (χ0n) is 8.47. The molecule has 0 saturated carbocycles. The summed E-state index contributed by atoms with van der Waals surface area (Å²) >= 11 is 0. The molecule has 0 fully saturated rings. The summed E-state index contributed by atoms with van der Waals surface area (Å²) in [5, 5.41) is 19.8. The first-order valence-corrected chi connectivity index (χ1v) is 4.65. The maximum atomic E-state index is 10.2. The standard InChI is InChI=1S/C11H14O4/c1-15-9-4-2-8(3-5-9)10(12)6-7-11(13)14/h2-5,10,12H,6-7H2,1H3,(H,13,14)/p-1/t10-/m1/s1. The van der Waals surface area contributed by atoms with Crippen molar-refractivity contribution in [2.24, 2.45) is 0 Å².